The lowest BCUT2D eigenvalue weighted by molar-refractivity contribution is 0.620. The van der Waals surface area contributed by atoms with Crippen LogP contribution in [0.5, 0.6) is 0 Å². The van der Waals surface area contributed by atoms with Crippen LogP contribution in [-0.4, -0.2) is 21.1 Å². The molecule has 0 spiro atoms. The minimum atomic E-state index is 0.114. The fourth-order valence-electron chi connectivity index (χ4n) is 1.24. The third-order valence-electron chi connectivity index (χ3n) is 2.01. The Hall–Kier alpha value is -0.640. The smallest absolute Gasteiger partial charge is 0.300 e. The molecule has 1 aromatic rings. The van der Waals surface area contributed by atoms with Gasteiger partial charge in [-0.2, -0.15) is 11.8 Å². The van der Waals surface area contributed by atoms with E-state index in [4.69, 9.17) is 0 Å². The molecule has 1 heterocycles. The molecule has 0 aliphatic rings. The molecule has 0 saturated heterocycles. The van der Waals surface area contributed by atoms with Gasteiger partial charge in [-0.1, -0.05) is 0 Å². The monoisotopic (exact) mass is 200 g/mol. The van der Waals surface area contributed by atoms with Crippen LogP contribution < -0.4 is 5.69 Å². The largest absolute Gasteiger partial charge is 0.328 e. The van der Waals surface area contributed by atoms with Crippen molar-refractivity contribution >= 4 is 11.8 Å². The van der Waals surface area contributed by atoms with E-state index < -0.39 is 0 Å². The average molecular weight is 200 g/mol. The van der Waals surface area contributed by atoms with Crippen molar-refractivity contribution in [2.45, 2.75) is 26.4 Å². The molecule has 0 atom stereocenters. The van der Waals surface area contributed by atoms with E-state index in [0.29, 0.717) is 0 Å². The van der Waals surface area contributed by atoms with Gasteiger partial charge in [-0.25, -0.2) is 4.79 Å². The molecule has 13 heavy (non-hydrogen) atoms. The third-order valence-corrected chi connectivity index (χ3v) is 2.70. The highest BCUT2D eigenvalue weighted by Gasteiger charge is 1.99. The summed E-state index contributed by atoms with van der Waals surface area (Å²) in [4.78, 5) is 11.5. The number of hydrogen-bond donors (Lipinski definition) is 0. The molecule has 3 nitrogen and oxygen atoms in total. The van der Waals surface area contributed by atoms with Crippen LogP contribution in [0, 0.1) is 0 Å². The van der Waals surface area contributed by atoms with E-state index >= 15 is 0 Å². The molecule has 1 rings (SSSR count). The summed E-state index contributed by atoms with van der Waals surface area (Å²) < 4.78 is 3.50. The Morgan fingerprint density at radius 2 is 2.08 bits per heavy atom. The topological polar surface area (TPSA) is 26.9 Å². The molecule has 0 saturated carbocycles. The van der Waals surface area contributed by atoms with Crippen LogP contribution in [0.3, 0.4) is 0 Å². The Morgan fingerprint density at radius 1 is 1.38 bits per heavy atom. The summed E-state index contributed by atoms with van der Waals surface area (Å²) in [6, 6.07) is 0. The minimum Gasteiger partial charge on any atom is -0.300 e. The van der Waals surface area contributed by atoms with Crippen molar-refractivity contribution < 1.29 is 0 Å². The number of aromatic nitrogens is 2. The average Bonchev–Trinajstić information content (AvgIpc) is 2.48. The molecule has 0 N–H and O–H groups in total. The van der Waals surface area contributed by atoms with Gasteiger partial charge in [-0.15, -0.1) is 0 Å². The first-order chi connectivity index (χ1) is 6.29. The van der Waals surface area contributed by atoms with Crippen LogP contribution in [-0.2, 0) is 13.1 Å². The minimum absolute atomic E-state index is 0.114. The quantitative estimate of drug-likeness (QED) is 0.672. The molecule has 0 amide bonds. The lowest BCUT2D eigenvalue weighted by Crippen LogP contribution is -2.23. The molecule has 0 bridgehead atoms. The van der Waals surface area contributed by atoms with E-state index in [0.717, 1.165) is 25.3 Å². The van der Waals surface area contributed by atoms with Crippen molar-refractivity contribution in [3.8, 4) is 0 Å². The molecule has 0 unspecified atom stereocenters. The number of aryl methyl sites for hydroxylation is 2. The Balaban J connectivity index is 2.57. The van der Waals surface area contributed by atoms with Gasteiger partial charge in [0.15, 0.2) is 0 Å². The van der Waals surface area contributed by atoms with Crippen LogP contribution in [0.2, 0.25) is 0 Å². The molecule has 0 aliphatic heterocycles. The van der Waals surface area contributed by atoms with Gasteiger partial charge < -0.3 is 0 Å². The summed E-state index contributed by atoms with van der Waals surface area (Å²) >= 11 is 1.82. The molecule has 0 aromatic carbocycles. The highest BCUT2D eigenvalue weighted by atomic mass is 32.2. The summed E-state index contributed by atoms with van der Waals surface area (Å²) in [5, 5.41) is 0. The van der Waals surface area contributed by atoms with Gasteiger partial charge in [0, 0.05) is 25.5 Å². The van der Waals surface area contributed by atoms with E-state index in [2.05, 4.69) is 6.26 Å². The second-order valence-corrected chi connectivity index (χ2v) is 3.89. The molecule has 0 fully saturated rings. The summed E-state index contributed by atoms with van der Waals surface area (Å²) in [6.07, 6.45) is 6.86. The van der Waals surface area contributed by atoms with Crippen molar-refractivity contribution in [3.05, 3.63) is 22.9 Å². The van der Waals surface area contributed by atoms with Gasteiger partial charge in [0.25, 0.3) is 0 Å². The first-order valence-electron chi connectivity index (χ1n) is 4.54. The molecule has 1 aromatic heterocycles. The second-order valence-electron chi connectivity index (χ2n) is 2.91. The van der Waals surface area contributed by atoms with Gasteiger partial charge in [0.1, 0.15) is 0 Å². The molecule has 0 radical (unpaired) electrons. The molecular weight excluding hydrogens is 184 g/mol. The van der Waals surface area contributed by atoms with Crippen LogP contribution in [0.15, 0.2) is 17.2 Å². The summed E-state index contributed by atoms with van der Waals surface area (Å²) in [5.41, 5.74) is 0.114. The van der Waals surface area contributed by atoms with E-state index in [1.54, 1.807) is 9.13 Å². The fraction of sp³-hybridized carbons (Fsp3) is 0.667. The number of rotatable bonds is 5. The van der Waals surface area contributed by atoms with Gasteiger partial charge in [0.05, 0.1) is 0 Å². The molecular formula is C9H16N2OS. The Bertz CT molecular complexity index is 303. The summed E-state index contributed by atoms with van der Waals surface area (Å²) in [7, 11) is 0. The second kappa shape index (κ2) is 5.17. The highest BCUT2D eigenvalue weighted by molar-refractivity contribution is 7.98. The van der Waals surface area contributed by atoms with Crippen LogP contribution in [0.25, 0.3) is 0 Å². The maximum atomic E-state index is 11.5. The van der Waals surface area contributed by atoms with E-state index in [-0.39, 0.29) is 5.69 Å². The number of thioether (sulfide) groups is 1. The van der Waals surface area contributed by atoms with Gasteiger partial charge in [-0.05, 0) is 25.4 Å². The van der Waals surface area contributed by atoms with Gasteiger partial charge in [0.2, 0.25) is 0 Å². The zero-order valence-electron chi connectivity index (χ0n) is 8.19. The SMILES string of the molecule is CCn1ccn(CCCSC)c1=O. The van der Waals surface area contributed by atoms with Crippen LogP contribution in [0.4, 0.5) is 0 Å². The maximum Gasteiger partial charge on any atom is 0.328 e. The Kier molecular flexibility index (Phi) is 4.15. The van der Waals surface area contributed by atoms with Gasteiger partial charge >= 0.3 is 5.69 Å². The first-order valence-corrected chi connectivity index (χ1v) is 5.93. The Morgan fingerprint density at radius 3 is 2.62 bits per heavy atom. The number of hydrogen-bond acceptors (Lipinski definition) is 2. The van der Waals surface area contributed by atoms with Crippen LogP contribution in [0.1, 0.15) is 13.3 Å². The van der Waals surface area contributed by atoms with E-state index in [1.165, 1.54) is 0 Å². The van der Waals surface area contributed by atoms with Crippen molar-refractivity contribution in [1.82, 2.24) is 9.13 Å². The summed E-state index contributed by atoms with van der Waals surface area (Å²) in [6.45, 7) is 3.58. The maximum absolute atomic E-state index is 11.5. The van der Waals surface area contributed by atoms with E-state index in [9.17, 15) is 4.79 Å². The predicted molar refractivity (Wildman–Crippen MR) is 57.4 cm³/mol. The lowest BCUT2D eigenvalue weighted by atomic mass is 10.5. The zero-order chi connectivity index (χ0) is 9.68. The molecule has 0 aliphatic carbocycles. The van der Waals surface area contributed by atoms with Crippen molar-refractivity contribution in [2.75, 3.05) is 12.0 Å². The fourth-order valence-corrected chi connectivity index (χ4v) is 1.66. The lowest BCUT2D eigenvalue weighted by Gasteiger charge is -1.99. The normalized spacial score (nSPS) is 10.6. The van der Waals surface area contributed by atoms with Crippen molar-refractivity contribution in [2.24, 2.45) is 0 Å². The standard InChI is InChI=1S/C9H16N2OS/c1-3-10-6-7-11(9(10)12)5-4-8-13-2/h6-7H,3-5,8H2,1-2H3. The van der Waals surface area contributed by atoms with Crippen LogP contribution >= 0.6 is 11.8 Å². The number of nitrogens with zero attached hydrogens (tertiary/aromatic N) is 2. The Labute approximate surface area is 82.8 Å². The third kappa shape index (κ3) is 2.66. The molecule has 4 heteroatoms. The van der Waals surface area contributed by atoms with E-state index in [1.807, 2.05) is 31.1 Å². The molecule has 74 valence electrons. The van der Waals surface area contributed by atoms with Crippen molar-refractivity contribution in [3.63, 3.8) is 0 Å². The van der Waals surface area contributed by atoms with Crippen molar-refractivity contribution in [1.29, 1.82) is 0 Å². The first kappa shape index (κ1) is 10.4. The number of imidazole rings is 1. The highest BCUT2D eigenvalue weighted by Crippen LogP contribution is 1.97. The zero-order valence-corrected chi connectivity index (χ0v) is 9.01. The summed E-state index contributed by atoms with van der Waals surface area (Å²) in [5.74, 6) is 1.11. The van der Waals surface area contributed by atoms with Gasteiger partial charge in [-0.3, -0.25) is 9.13 Å². The predicted octanol–water partition coefficient (Wildman–Crippen LogP) is 1.42.